The van der Waals surface area contributed by atoms with Crippen molar-refractivity contribution in [2.75, 3.05) is 0 Å². The van der Waals surface area contributed by atoms with Gasteiger partial charge in [0, 0.05) is 10.6 Å². The van der Waals surface area contributed by atoms with E-state index in [2.05, 4.69) is 5.32 Å². The van der Waals surface area contributed by atoms with Crippen LogP contribution in [0.4, 0.5) is 4.39 Å². The molecule has 0 radical (unpaired) electrons. The van der Waals surface area contributed by atoms with Crippen LogP contribution in [0.3, 0.4) is 0 Å². The maximum atomic E-state index is 13.7. The highest BCUT2D eigenvalue weighted by Crippen LogP contribution is 2.23. The number of aryl methyl sites for hydroxylation is 1. The number of rotatable bonds is 5. The van der Waals surface area contributed by atoms with Crippen LogP contribution in [-0.4, -0.2) is 12.0 Å². The molecule has 0 aliphatic heterocycles. The van der Waals surface area contributed by atoms with Gasteiger partial charge in [-0.05, 0) is 50.6 Å². The van der Waals surface area contributed by atoms with Crippen molar-refractivity contribution in [3.8, 4) is 5.75 Å². The van der Waals surface area contributed by atoms with E-state index in [4.69, 9.17) is 16.3 Å². The summed E-state index contributed by atoms with van der Waals surface area (Å²) in [6, 6.07) is 11.1. The van der Waals surface area contributed by atoms with E-state index in [0.717, 1.165) is 5.56 Å². The number of halogens is 2. The predicted molar refractivity (Wildman–Crippen MR) is 89.2 cm³/mol. The minimum atomic E-state index is -0.705. The van der Waals surface area contributed by atoms with Crippen molar-refractivity contribution in [2.24, 2.45) is 0 Å². The van der Waals surface area contributed by atoms with E-state index in [1.165, 1.54) is 6.07 Å². The summed E-state index contributed by atoms with van der Waals surface area (Å²) in [4.78, 5) is 12.2. The van der Waals surface area contributed by atoms with Crippen LogP contribution in [0, 0.1) is 12.7 Å². The monoisotopic (exact) mass is 335 g/mol. The third-order valence-corrected chi connectivity index (χ3v) is 3.78. The highest BCUT2D eigenvalue weighted by atomic mass is 35.5. The summed E-state index contributed by atoms with van der Waals surface area (Å²) in [5.74, 6) is -0.0619. The molecule has 2 atom stereocenters. The topological polar surface area (TPSA) is 38.3 Å². The molecule has 1 N–H and O–H groups in total. The van der Waals surface area contributed by atoms with Crippen molar-refractivity contribution in [1.82, 2.24) is 5.32 Å². The zero-order valence-electron chi connectivity index (χ0n) is 13.3. The van der Waals surface area contributed by atoms with Gasteiger partial charge in [0.15, 0.2) is 6.10 Å². The minimum Gasteiger partial charge on any atom is -0.481 e. The van der Waals surface area contributed by atoms with Crippen LogP contribution in [-0.2, 0) is 4.79 Å². The second-order valence-electron chi connectivity index (χ2n) is 5.42. The second-order valence-corrected chi connectivity index (χ2v) is 5.86. The van der Waals surface area contributed by atoms with Crippen LogP contribution in [0.1, 0.15) is 31.0 Å². The van der Waals surface area contributed by atoms with Crippen molar-refractivity contribution >= 4 is 17.5 Å². The van der Waals surface area contributed by atoms with Gasteiger partial charge in [-0.2, -0.15) is 0 Å². The summed E-state index contributed by atoms with van der Waals surface area (Å²) in [6.45, 7) is 5.24. The van der Waals surface area contributed by atoms with Gasteiger partial charge in [0.05, 0.1) is 6.04 Å². The Bertz CT molecular complexity index is 705. The van der Waals surface area contributed by atoms with Crippen molar-refractivity contribution in [1.29, 1.82) is 0 Å². The largest absolute Gasteiger partial charge is 0.481 e. The molecule has 0 aromatic heterocycles. The SMILES string of the molecule is Cc1cc(Cl)ccc1OC(C)C(=O)NC(C)c1ccccc1F. The first-order valence-corrected chi connectivity index (χ1v) is 7.74. The Labute approximate surface area is 140 Å². The van der Waals surface area contributed by atoms with Gasteiger partial charge in [0.2, 0.25) is 0 Å². The Morgan fingerprint density at radius 1 is 1.22 bits per heavy atom. The summed E-state index contributed by atoms with van der Waals surface area (Å²) in [7, 11) is 0. The number of hydrogen-bond donors (Lipinski definition) is 1. The molecule has 0 bridgehead atoms. The molecular formula is C18H19ClFNO2. The zero-order valence-corrected chi connectivity index (χ0v) is 14.0. The highest BCUT2D eigenvalue weighted by molar-refractivity contribution is 6.30. The molecule has 0 saturated carbocycles. The number of carbonyl (C=O) groups excluding carboxylic acids is 1. The van der Waals surface area contributed by atoms with E-state index in [0.29, 0.717) is 16.3 Å². The lowest BCUT2D eigenvalue weighted by Crippen LogP contribution is -2.38. The lowest BCUT2D eigenvalue weighted by atomic mass is 10.1. The van der Waals surface area contributed by atoms with Crippen molar-refractivity contribution < 1.29 is 13.9 Å². The summed E-state index contributed by atoms with van der Waals surface area (Å²) in [5, 5.41) is 3.37. The Kier molecular flexibility index (Phi) is 5.61. The molecule has 2 aromatic carbocycles. The average Bonchev–Trinajstić information content (AvgIpc) is 2.50. The maximum absolute atomic E-state index is 13.7. The van der Waals surface area contributed by atoms with Crippen LogP contribution < -0.4 is 10.1 Å². The number of ether oxygens (including phenoxy) is 1. The third-order valence-electron chi connectivity index (χ3n) is 3.54. The van der Waals surface area contributed by atoms with Crippen molar-refractivity contribution in [2.45, 2.75) is 32.9 Å². The fourth-order valence-electron chi connectivity index (χ4n) is 2.22. The Morgan fingerprint density at radius 3 is 2.57 bits per heavy atom. The molecule has 2 unspecified atom stereocenters. The molecule has 1 amide bonds. The van der Waals surface area contributed by atoms with Gasteiger partial charge in [-0.15, -0.1) is 0 Å². The second kappa shape index (κ2) is 7.47. The molecule has 2 rings (SSSR count). The molecule has 5 heteroatoms. The fraction of sp³-hybridized carbons (Fsp3) is 0.278. The van der Waals surface area contributed by atoms with Crippen LogP contribution in [0.25, 0.3) is 0 Å². The minimum absolute atomic E-state index is 0.310. The molecule has 2 aromatic rings. The molecule has 3 nitrogen and oxygen atoms in total. The normalized spacial score (nSPS) is 13.3. The number of benzene rings is 2. The molecule has 0 spiro atoms. The maximum Gasteiger partial charge on any atom is 0.261 e. The van der Waals surface area contributed by atoms with Crippen molar-refractivity contribution in [3.05, 3.63) is 64.4 Å². The summed E-state index contributed by atoms with van der Waals surface area (Å²) in [5.41, 5.74) is 1.29. The van der Waals surface area contributed by atoms with Crippen LogP contribution in [0.2, 0.25) is 5.02 Å². The summed E-state index contributed by atoms with van der Waals surface area (Å²) < 4.78 is 19.4. The standard InChI is InChI=1S/C18H19ClFNO2/c1-11-10-14(19)8-9-17(11)23-13(3)18(22)21-12(2)15-6-4-5-7-16(15)20/h4-10,12-13H,1-3H3,(H,21,22). The van der Waals surface area contributed by atoms with Crippen molar-refractivity contribution in [3.63, 3.8) is 0 Å². The zero-order chi connectivity index (χ0) is 17.0. The number of nitrogens with one attached hydrogen (secondary N) is 1. The molecule has 122 valence electrons. The predicted octanol–water partition coefficient (Wildman–Crippen LogP) is 4.43. The number of hydrogen-bond acceptors (Lipinski definition) is 2. The Hall–Kier alpha value is -2.07. The number of carbonyl (C=O) groups is 1. The van der Waals surface area contributed by atoms with E-state index in [1.54, 1.807) is 50.2 Å². The van der Waals surface area contributed by atoms with Crippen LogP contribution in [0.15, 0.2) is 42.5 Å². The smallest absolute Gasteiger partial charge is 0.261 e. The van der Waals surface area contributed by atoms with E-state index in [-0.39, 0.29) is 11.7 Å². The summed E-state index contributed by atoms with van der Waals surface area (Å²) >= 11 is 5.90. The number of amides is 1. The quantitative estimate of drug-likeness (QED) is 0.877. The van der Waals surface area contributed by atoms with Crippen LogP contribution in [0.5, 0.6) is 5.75 Å². The van der Waals surface area contributed by atoms with Gasteiger partial charge in [-0.1, -0.05) is 29.8 Å². The molecule has 0 saturated heterocycles. The molecule has 0 aliphatic rings. The molecule has 0 fully saturated rings. The first-order chi connectivity index (χ1) is 10.9. The lowest BCUT2D eigenvalue weighted by Gasteiger charge is -2.20. The fourth-order valence-corrected chi connectivity index (χ4v) is 2.45. The van der Waals surface area contributed by atoms with Gasteiger partial charge < -0.3 is 10.1 Å². The van der Waals surface area contributed by atoms with E-state index in [9.17, 15) is 9.18 Å². The van der Waals surface area contributed by atoms with Gasteiger partial charge in [0.1, 0.15) is 11.6 Å². The Morgan fingerprint density at radius 2 is 1.91 bits per heavy atom. The first kappa shape index (κ1) is 17.3. The van der Waals surface area contributed by atoms with E-state index < -0.39 is 12.1 Å². The third kappa shape index (κ3) is 4.45. The van der Waals surface area contributed by atoms with Gasteiger partial charge in [-0.25, -0.2) is 4.39 Å². The molecule has 23 heavy (non-hydrogen) atoms. The first-order valence-electron chi connectivity index (χ1n) is 7.36. The van der Waals surface area contributed by atoms with Gasteiger partial charge in [0.25, 0.3) is 5.91 Å². The van der Waals surface area contributed by atoms with Crippen LogP contribution >= 0.6 is 11.6 Å². The molecule has 0 heterocycles. The van der Waals surface area contributed by atoms with E-state index in [1.807, 2.05) is 6.92 Å². The highest BCUT2D eigenvalue weighted by Gasteiger charge is 2.19. The lowest BCUT2D eigenvalue weighted by molar-refractivity contribution is -0.127. The molecular weight excluding hydrogens is 317 g/mol. The summed E-state index contributed by atoms with van der Waals surface area (Å²) in [6.07, 6.45) is -0.705. The Balaban J connectivity index is 2.01. The van der Waals surface area contributed by atoms with Gasteiger partial charge >= 0.3 is 0 Å². The van der Waals surface area contributed by atoms with Gasteiger partial charge in [-0.3, -0.25) is 4.79 Å². The molecule has 0 aliphatic carbocycles. The van der Waals surface area contributed by atoms with E-state index >= 15 is 0 Å². The average molecular weight is 336 g/mol.